The van der Waals surface area contributed by atoms with Gasteiger partial charge in [-0.3, -0.25) is 0 Å². The Labute approximate surface area is 389 Å². The molecule has 0 atom stereocenters. The highest BCUT2D eigenvalue weighted by atomic mass is 15.0. The molecule has 5 heteroatoms. The fraction of sp³-hybridized carbons (Fsp3) is 0. The van der Waals surface area contributed by atoms with Gasteiger partial charge in [-0.1, -0.05) is 206 Å². The summed E-state index contributed by atoms with van der Waals surface area (Å²) in [6.07, 6.45) is 0. The lowest BCUT2D eigenvalue weighted by molar-refractivity contribution is 1.07. The van der Waals surface area contributed by atoms with E-state index in [1.54, 1.807) is 0 Å². The maximum absolute atomic E-state index is 5.64. The second kappa shape index (κ2) is 17.1. The number of hydrogen-bond donors (Lipinski definition) is 0. The van der Waals surface area contributed by atoms with Crippen LogP contribution in [0.2, 0.25) is 0 Å². The molecule has 67 heavy (non-hydrogen) atoms. The minimum absolute atomic E-state index is 0.584. The molecule has 0 saturated carbocycles. The van der Waals surface area contributed by atoms with Crippen molar-refractivity contribution in [3.8, 4) is 95.7 Å². The van der Waals surface area contributed by atoms with Crippen molar-refractivity contribution in [1.82, 2.24) is 24.5 Å². The average molecular weight is 856 g/mol. The van der Waals surface area contributed by atoms with Crippen molar-refractivity contribution in [2.75, 3.05) is 0 Å². The summed E-state index contributed by atoms with van der Waals surface area (Å²) in [7, 11) is 0. The minimum Gasteiger partial charge on any atom is -0.309 e. The number of nitrogens with zero attached hydrogens (tertiary/aromatic N) is 5. The molecule has 12 rings (SSSR count). The second-order valence-corrected chi connectivity index (χ2v) is 16.6. The van der Waals surface area contributed by atoms with Crippen molar-refractivity contribution in [2.24, 2.45) is 0 Å². The van der Waals surface area contributed by atoms with Crippen molar-refractivity contribution in [1.29, 1.82) is 0 Å². The Morgan fingerprint density at radius 3 is 1.07 bits per heavy atom. The van der Waals surface area contributed by atoms with Crippen molar-refractivity contribution >= 4 is 21.8 Å². The number of fused-ring (bicyclic) bond motifs is 3. The zero-order chi connectivity index (χ0) is 44.5. The van der Waals surface area contributed by atoms with Crippen molar-refractivity contribution in [3.63, 3.8) is 0 Å². The summed E-state index contributed by atoms with van der Waals surface area (Å²) in [6, 6.07) is 86.9. The van der Waals surface area contributed by atoms with Crippen LogP contribution in [0.15, 0.2) is 249 Å². The molecule has 3 aromatic heterocycles. The molecule has 0 unspecified atom stereocenters. The van der Waals surface area contributed by atoms with E-state index in [0.717, 1.165) is 89.3 Å². The molecule has 0 amide bonds. The number of pyridine rings is 1. The van der Waals surface area contributed by atoms with Gasteiger partial charge in [0, 0.05) is 61.0 Å². The maximum Gasteiger partial charge on any atom is 0.164 e. The molecule has 0 spiro atoms. The molecule has 0 aliphatic rings. The summed E-state index contributed by atoms with van der Waals surface area (Å²) in [5.74, 6) is 1.79. The predicted molar refractivity (Wildman–Crippen MR) is 275 cm³/mol. The zero-order valence-corrected chi connectivity index (χ0v) is 36.4. The lowest BCUT2D eigenvalue weighted by atomic mass is 9.83. The quantitative estimate of drug-likeness (QED) is 0.145. The number of benzene rings is 9. The molecule has 12 aromatic rings. The lowest BCUT2D eigenvalue weighted by Crippen LogP contribution is -2.02. The van der Waals surface area contributed by atoms with Crippen LogP contribution in [0.25, 0.3) is 118 Å². The number of aromatic nitrogens is 5. The third kappa shape index (κ3) is 7.35. The first kappa shape index (κ1) is 39.5. The topological polar surface area (TPSA) is 56.5 Å². The monoisotopic (exact) mass is 855 g/mol. The van der Waals surface area contributed by atoms with Gasteiger partial charge in [0.15, 0.2) is 17.5 Å². The summed E-state index contributed by atoms with van der Waals surface area (Å²) in [6.45, 7) is 0. The zero-order valence-electron chi connectivity index (χ0n) is 36.4. The highest BCUT2D eigenvalue weighted by molar-refractivity contribution is 6.09. The smallest absolute Gasteiger partial charge is 0.164 e. The molecule has 0 saturated heterocycles. The van der Waals surface area contributed by atoms with Crippen LogP contribution in [0.5, 0.6) is 0 Å². The Morgan fingerprint density at radius 2 is 0.597 bits per heavy atom. The highest BCUT2D eigenvalue weighted by Gasteiger charge is 2.26. The third-order valence-corrected chi connectivity index (χ3v) is 12.5. The molecular weight excluding hydrogens is 815 g/mol. The van der Waals surface area contributed by atoms with Crippen LogP contribution in [0.3, 0.4) is 0 Å². The Balaban J connectivity index is 1.07. The number of para-hydroxylation sites is 2. The van der Waals surface area contributed by atoms with E-state index >= 15 is 0 Å². The summed E-state index contributed by atoms with van der Waals surface area (Å²) < 4.78 is 2.33. The van der Waals surface area contributed by atoms with Crippen LogP contribution in [-0.4, -0.2) is 24.5 Å². The van der Waals surface area contributed by atoms with E-state index in [2.05, 4.69) is 235 Å². The molecular formula is C62H41N5. The first-order chi connectivity index (χ1) is 33.2. The van der Waals surface area contributed by atoms with Gasteiger partial charge in [0.05, 0.1) is 22.4 Å². The standard InChI is InChI=1S/C62H41N5/c1-6-21-42(22-7-1)56-55(57(43-23-8-2-9-24-43)59(45-27-12-4-13-28-45)63-58(56)44-25-10-3-11-26-44)48-31-20-32-49(41-48)62-65-60(46-29-14-5-15-30-46)64-61(66-62)47-37-39-50(40-38-47)67-53-35-18-16-33-51(53)52-34-17-19-36-54(52)67/h1-41H. The molecule has 0 aliphatic carbocycles. The Kier molecular flexibility index (Phi) is 10.1. The Hall–Kier alpha value is -9.06. The molecule has 0 N–H and O–H groups in total. The molecule has 9 aromatic carbocycles. The maximum atomic E-state index is 5.64. The van der Waals surface area contributed by atoms with Gasteiger partial charge in [-0.05, 0) is 59.2 Å². The van der Waals surface area contributed by atoms with Gasteiger partial charge in [0.2, 0.25) is 0 Å². The SMILES string of the molecule is c1ccc(-c2nc(-c3ccc(-n4c5ccccc5c5ccccc54)cc3)nc(-c3cccc(-c4c(-c5ccccc5)c(-c5ccccc5)nc(-c5ccccc5)c4-c4ccccc4)c3)n2)cc1. The molecule has 0 radical (unpaired) electrons. The van der Waals surface area contributed by atoms with Crippen LogP contribution in [-0.2, 0) is 0 Å². The molecule has 0 fully saturated rings. The van der Waals surface area contributed by atoms with Crippen LogP contribution in [0.1, 0.15) is 0 Å². The van der Waals surface area contributed by atoms with E-state index in [1.165, 1.54) is 10.8 Å². The van der Waals surface area contributed by atoms with E-state index < -0.39 is 0 Å². The fourth-order valence-corrected chi connectivity index (χ4v) is 9.38. The molecule has 0 aliphatic heterocycles. The van der Waals surface area contributed by atoms with Gasteiger partial charge in [0.1, 0.15) is 0 Å². The van der Waals surface area contributed by atoms with Gasteiger partial charge in [-0.15, -0.1) is 0 Å². The normalized spacial score (nSPS) is 11.3. The van der Waals surface area contributed by atoms with Gasteiger partial charge < -0.3 is 4.57 Å². The van der Waals surface area contributed by atoms with Crippen molar-refractivity contribution < 1.29 is 0 Å². The molecule has 5 nitrogen and oxygen atoms in total. The Bertz CT molecular complexity index is 3550. The van der Waals surface area contributed by atoms with Crippen molar-refractivity contribution in [2.45, 2.75) is 0 Å². The first-order valence-electron chi connectivity index (χ1n) is 22.6. The van der Waals surface area contributed by atoms with Crippen LogP contribution in [0, 0.1) is 0 Å². The van der Waals surface area contributed by atoms with Crippen molar-refractivity contribution in [3.05, 3.63) is 249 Å². The summed E-state index contributed by atoms with van der Waals surface area (Å²) >= 11 is 0. The van der Waals surface area contributed by atoms with Gasteiger partial charge in [-0.25, -0.2) is 19.9 Å². The first-order valence-corrected chi connectivity index (χ1v) is 22.6. The largest absolute Gasteiger partial charge is 0.309 e. The van der Waals surface area contributed by atoms with Crippen LogP contribution < -0.4 is 0 Å². The average Bonchev–Trinajstić information content (AvgIpc) is 3.76. The van der Waals surface area contributed by atoms with Crippen LogP contribution >= 0.6 is 0 Å². The van der Waals surface area contributed by atoms with Gasteiger partial charge in [-0.2, -0.15) is 0 Å². The van der Waals surface area contributed by atoms with Crippen LogP contribution in [0.4, 0.5) is 0 Å². The molecule has 0 bridgehead atoms. The van der Waals surface area contributed by atoms with E-state index in [9.17, 15) is 0 Å². The van der Waals surface area contributed by atoms with E-state index in [-0.39, 0.29) is 0 Å². The summed E-state index contributed by atoms with van der Waals surface area (Å²) in [5.41, 5.74) is 16.3. The van der Waals surface area contributed by atoms with E-state index in [4.69, 9.17) is 19.9 Å². The number of rotatable bonds is 9. The Morgan fingerprint density at radius 1 is 0.239 bits per heavy atom. The lowest BCUT2D eigenvalue weighted by Gasteiger charge is -2.23. The highest BCUT2D eigenvalue weighted by Crippen LogP contribution is 2.49. The van der Waals surface area contributed by atoms with E-state index in [1.807, 2.05) is 18.2 Å². The second-order valence-electron chi connectivity index (χ2n) is 16.6. The van der Waals surface area contributed by atoms with Gasteiger partial charge in [0.25, 0.3) is 0 Å². The van der Waals surface area contributed by atoms with Gasteiger partial charge >= 0.3 is 0 Å². The fourth-order valence-electron chi connectivity index (χ4n) is 9.38. The number of hydrogen-bond acceptors (Lipinski definition) is 4. The van der Waals surface area contributed by atoms with E-state index in [0.29, 0.717) is 17.5 Å². The minimum atomic E-state index is 0.584. The summed E-state index contributed by atoms with van der Waals surface area (Å²) in [4.78, 5) is 21.3. The third-order valence-electron chi connectivity index (χ3n) is 12.5. The summed E-state index contributed by atoms with van der Waals surface area (Å²) in [5, 5.41) is 2.45. The molecule has 3 heterocycles. The molecule has 314 valence electrons. The predicted octanol–water partition coefficient (Wildman–Crippen LogP) is 15.7.